The molecule has 8 nitrogen and oxygen atoms in total. The number of anilines is 2. The quantitative estimate of drug-likeness (QED) is 0.537. The molecule has 152 valence electrons. The molecule has 0 bridgehead atoms. The molecule has 0 N–H and O–H groups in total. The molecule has 0 spiro atoms. The number of esters is 1. The fourth-order valence-corrected chi connectivity index (χ4v) is 3.68. The number of nitrogens with zero attached hydrogens (tertiary/aromatic N) is 3. The maximum Gasteiger partial charge on any atom is 0.344 e. The molecule has 2 heterocycles. The highest BCUT2D eigenvalue weighted by atomic mass is 32.1. The van der Waals surface area contributed by atoms with Crippen LogP contribution in [0, 0.1) is 6.92 Å². The number of aryl methyl sites for hydroxylation is 2. The van der Waals surface area contributed by atoms with Crippen molar-refractivity contribution in [3.8, 4) is 5.75 Å². The Morgan fingerprint density at radius 3 is 2.72 bits per heavy atom. The van der Waals surface area contributed by atoms with Crippen LogP contribution in [0.2, 0.25) is 0 Å². The number of benzene rings is 1. The van der Waals surface area contributed by atoms with Gasteiger partial charge in [-0.25, -0.2) is 9.78 Å². The van der Waals surface area contributed by atoms with E-state index in [-0.39, 0.29) is 12.5 Å². The van der Waals surface area contributed by atoms with E-state index >= 15 is 0 Å². The number of para-hydroxylation sites is 2. The summed E-state index contributed by atoms with van der Waals surface area (Å²) in [5.74, 6) is 0.258. The van der Waals surface area contributed by atoms with Crippen molar-refractivity contribution in [2.24, 2.45) is 0 Å². The van der Waals surface area contributed by atoms with Crippen molar-refractivity contribution in [2.45, 2.75) is 33.8 Å². The number of ether oxygens (including phenoxy) is 2. The van der Waals surface area contributed by atoms with Crippen LogP contribution >= 0.6 is 11.3 Å². The second kappa shape index (κ2) is 8.87. The van der Waals surface area contributed by atoms with Crippen molar-refractivity contribution >= 4 is 34.0 Å². The molecular weight excluding hydrogens is 394 g/mol. The van der Waals surface area contributed by atoms with Gasteiger partial charge in [-0.1, -0.05) is 24.2 Å². The normalized spacial score (nSPS) is 10.6. The van der Waals surface area contributed by atoms with Crippen molar-refractivity contribution in [3.63, 3.8) is 0 Å². The SMILES string of the molecule is CCc1noc(C)c1C(=O)OCc1csc(N(C(C)=O)c2ccccc2OC)n1. The van der Waals surface area contributed by atoms with Crippen LogP contribution in [-0.2, 0) is 22.6 Å². The van der Waals surface area contributed by atoms with E-state index < -0.39 is 5.97 Å². The molecule has 29 heavy (non-hydrogen) atoms. The van der Waals surface area contributed by atoms with E-state index in [9.17, 15) is 9.59 Å². The number of amides is 1. The van der Waals surface area contributed by atoms with Crippen molar-refractivity contribution < 1.29 is 23.6 Å². The summed E-state index contributed by atoms with van der Waals surface area (Å²) >= 11 is 1.28. The first-order chi connectivity index (χ1) is 14.0. The number of carbonyl (C=O) groups is 2. The Kier molecular flexibility index (Phi) is 6.28. The largest absolute Gasteiger partial charge is 0.495 e. The number of rotatable bonds is 7. The molecule has 2 aromatic heterocycles. The van der Waals surface area contributed by atoms with Gasteiger partial charge in [-0.3, -0.25) is 9.69 Å². The van der Waals surface area contributed by atoms with Gasteiger partial charge < -0.3 is 14.0 Å². The van der Waals surface area contributed by atoms with Crippen LogP contribution in [0.1, 0.15) is 41.4 Å². The van der Waals surface area contributed by atoms with Gasteiger partial charge in [-0.2, -0.15) is 0 Å². The van der Waals surface area contributed by atoms with Gasteiger partial charge in [-0.15, -0.1) is 11.3 Å². The minimum atomic E-state index is -0.511. The van der Waals surface area contributed by atoms with Gasteiger partial charge >= 0.3 is 5.97 Å². The number of carbonyl (C=O) groups excluding carboxylic acids is 2. The monoisotopic (exact) mass is 415 g/mol. The summed E-state index contributed by atoms with van der Waals surface area (Å²) in [5, 5.41) is 6.07. The van der Waals surface area contributed by atoms with E-state index in [1.54, 1.807) is 31.5 Å². The smallest absolute Gasteiger partial charge is 0.344 e. The van der Waals surface area contributed by atoms with E-state index in [1.165, 1.54) is 23.2 Å². The van der Waals surface area contributed by atoms with Gasteiger partial charge in [0.25, 0.3) is 0 Å². The molecular formula is C20H21N3O5S. The molecule has 0 aliphatic carbocycles. The second-order valence-corrected chi connectivity index (χ2v) is 6.97. The van der Waals surface area contributed by atoms with Crippen LogP contribution in [0.15, 0.2) is 34.2 Å². The standard InChI is InChI=1S/C20H21N3O5S/c1-5-15-18(12(2)28-22-15)19(25)27-10-14-11-29-20(21-14)23(13(3)24)16-8-6-7-9-17(16)26-4/h6-9,11H,5,10H2,1-4H3. The molecule has 0 aliphatic rings. The van der Waals surface area contributed by atoms with E-state index in [1.807, 2.05) is 19.1 Å². The Morgan fingerprint density at radius 2 is 2.03 bits per heavy atom. The molecule has 3 rings (SSSR count). The first-order valence-corrected chi connectivity index (χ1v) is 9.84. The van der Waals surface area contributed by atoms with Gasteiger partial charge in [0.05, 0.1) is 24.2 Å². The third-order valence-corrected chi connectivity index (χ3v) is 5.07. The molecule has 0 unspecified atom stereocenters. The average Bonchev–Trinajstić information content (AvgIpc) is 3.33. The van der Waals surface area contributed by atoms with Crippen molar-refractivity contribution in [1.29, 1.82) is 0 Å². The molecule has 0 radical (unpaired) electrons. The third-order valence-electron chi connectivity index (χ3n) is 4.20. The van der Waals surface area contributed by atoms with Crippen LogP contribution in [0.4, 0.5) is 10.8 Å². The zero-order valence-electron chi connectivity index (χ0n) is 16.6. The Hall–Kier alpha value is -3.20. The molecule has 0 fully saturated rings. The zero-order chi connectivity index (χ0) is 21.0. The summed E-state index contributed by atoms with van der Waals surface area (Å²) in [6.45, 7) is 4.98. The summed E-state index contributed by atoms with van der Waals surface area (Å²) in [5.41, 5.74) is 2.03. The fraction of sp³-hybridized carbons (Fsp3) is 0.300. The first kappa shape index (κ1) is 20.5. The highest BCUT2D eigenvalue weighted by molar-refractivity contribution is 7.14. The molecule has 1 amide bonds. The van der Waals surface area contributed by atoms with Crippen molar-refractivity contribution in [3.05, 3.63) is 52.4 Å². The Morgan fingerprint density at radius 1 is 1.28 bits per heavy atom. The highest BCUT2D eigenvalue weighted by Crippen LogP contribution is 2.35. The minimum Gasteiger partial charge on any atom is -0.495 e. The zero-order valence-corrected chi connectivity index (χ0v) is 17.4. The maximum atomic E-state index is 12.4. The summed E-state index contributed by atoms with van der Waals surface area (Å²) < 4.78 is 15.8. The lowest BCUT2D eigenvalue weighted by Gasteiger charge is -2.20. The number of hydrogen-bond acceptors (Lipinski definition) is 8. The summed E-state index contributed by atoms with van der Waals surface area (Å²) in [6.07, 6.45) is 0.565. The lowest BCUT2D eigenvalue weighted by Crippen LogP contribution is -2.23. The number of hydrogen-bond donors (Lipinski definition) is 0. The molecule has 0 saturated heterocycles. The lowest BCUT2D eigenvalue weighted by atomic mass is 10.1. The number of aromatic nitrogens is 2. The summed E-state index contributed by atoms with van der Waals surface area (Å²) in [7, 11) is 1.54. The van der Waals surface area contributed by atoms with Crippen LogP contribution < -0.4 is 9.64 Å². The van der Waals surface area contributed by atoms with Gasteiger partial charge in [0.2, 0.25) is 5.91 Å². The Bertz CT molecular complexity index is 1030. The predicted molar refractivity (Wildman–Crippen MR) is 108 cm³/mol. The van der Waals surface area contributed by atoms with Gasteiger partial charge in [0.15, 0.2) is 5.13 Å². The van der Waals surface area contributed by atoms with Gasteiger partial charge in [0.1, 0.15) is 23.7 Å². The van der Waals surface area contributed by atoms with Crippen LogP contribution in [0.3, 0.4) is 0 Å². The lowest BCUT2D eigenvalue weighted by molar-refractivity contribution is -0.115. The highest BCUT2D eigenvalue weighted by Gasteiger charge is 2.23. The second-order valence-electron chi connectivity index (χ2n) is 6.14. The van der Waals surface area contributed by atoms with E-state index in [4.69, 9.17) is 14.0 Å². The predicted octanol–water partition coefficient (Wildman–Crippen LogP) is 4.05. The van der Waals surface area contributed by atoms with Gasteiger partial charge in [0, 0.05) is 12.3 Å². The van der Waals surface area contributed by atoms with Crippen LogP contribution in [-0.4, -0.2) is 29.1 Å². The summed E-state index contributed by atoms with van der Waals surface area (Å²) in [4.78, 5) is 30.6. The fourth-order valence-electron chi connectivity index (χ4n) is 2.82. The Labute approximate surface area is 172 Å². The Balaban J connectivity index is 1.78. The van der Waals surface area contributed by atoms with Crippen LogP contribution in [0.5, 0.6) is 5.75 Å². The molecule has 9 heteroatoms. The van der Waals surface area contributed by atoms with E-state index in [0.717, 1.165) is 0 Å². The van der Waals surface area contributed by atoms with Crippen molar-refractivity contribution in [1.82, 2.24) is 10.1 Å². The summed E-state index contributed by atoms with van der Waals surface area (Å²) in [6, 6.07) is 7.19. The van der Waals surface area contributed by atoms with E-state index in [2.05, 4.69) is 10.1 Å². The maximum absolute atomic E-state index is 12.4. The minimum absolute atomic E-state index is 0.0270. The van der Waals surface area contributed by atoms with Crippen molar-refractivity contribution in [2.75, 3.05) is 12.0 Å². The molecule has 3 aromatic rings. The molecule has 0 saturated carbocycles. The van der Waals surface area contributed by atoms with Gasteiger partial charge in [-0.05, 0) is 25.5 Å². The third kappa shape index (κ3) is 4.29. The van der Waals surface area contributed by atoms with Crippen LogP contribution in [0.25, 0.3) is 0 Å². The van der Waals surface area contributed by atoms with E-state index in [0.29, 0.717) is 45.7 Å². The number of methoxy groups -OCH3 is 1. The number of thiazole rings is 1. The molecule has 1 aromatic carbocycles. The molecule has 0 atom stereocenters. The average molecular weight is 415 g/mol. The topological polar surface area (TPSA) is 94.8 Å². The molecule has 0 aliphatic heterocycles. The first-order valence-electron chi connectivity index (χ1n) is 8.96.